The molecular formula is C15H20N4O. The molecule has 0 bridgehead atoms. The van der Waals surface area contributed by atoms with Crippen LogP contribution in [0, 0.1) is 0 Å². The maximum atomic E-state index is 5.57. The van der Waals surface area contributed by atoms with Crippen molar-refractivity contribution in [1.29, 1.82) is 0 Å². The van der Waals surface area contributed by atoms with E-state index in [0.717, 1.165) is 11.1 Å². The van der Waals surface area contributed by atoms with Gasteiger partial charge in [0.2, 0.25) is 11.8 Å². The van der Waals surface area contributed by atoms with E-state index in [1.807, 2.05) is 38.1 Å². The number of anilines is 1. The van der Waals surface area contributed by atoms with Crippen LogP contribution < -0.4 is 15.8 Å². The number of hydrogen-bond acceptors (Lipinski definition) is 5. The topological polar surface area (TPSA) is 73.1 Å². The minimum atomic E-state index is 0.0987. The van der Waals surface area contributed by atoms with Gasteiger partial charge in [0.25, 0.3) is 0 Å². The molecule has 1 heterocycles. The standard InChI is InChI=1S/C15H20N4O/c1-11(2)20-14-7-8-17-15(19-14)18-10-13-5-3-12(9-16)4-6-13/h3-8,11H,9-10,16H2,1-2H3,(H,17,18,19). The summed E-state index contributed by atoms with van der Waals surface area (Å²) < 4.78 is 5.53. The van der Waals surface area contributed by atoms with E-state index in [1.54, 1.807) is 12.3 Å². The van der Waals surface area contributed by atoms with Gasteiger partial charge in [-0.15, -0.1) is 0 Å². The normalized spacial score (nSPS) is 10.6. The fourth-order valence-electron chi connectivity index (χ4n) is 1.71. The van der Waals surface area contributed by atoms with Crippen molar-refractivity contribution in [2.24, 2.45) is 5.73 Å². The molecule has 0 amide bonds. The monoisotopic (exact) mass is 272 g/mol. The Kier molecular flexibility index (Phi) is 4.90. The lowest BCUT2D eigenvalue weighted by atomic mass is 10.1. The van der Waals surface area contributed by atoms with Crippen LogP contribution in [0.2, 0.25) is 0 Å². The van der Waals surface area contributed by atoms with Gasteiger partial charge in [-0.3, -0.25) is 0 Å². The van der Waals surface area contributed by atoms with Crippen molar-refractivity contribution >= 4 is 5.95 Å². The number of hydrogen-bond donors (Lipinski definition) is 2. The highest BCUT2D eigenvalue weighted by molar-refractivity contribution is 5.31. The molecule has 0 unspecified atom stereocenters. The predicted octanol–water partition coefficient (Wildman–Crippen LogP) is 2.33. The lowest BCUT2D eigenvalue weighted by molar-refractivity contribution is 0.232. The molecule has 1 aromatic heterocycles. The third-order valence-electron chi connectivity index (χ3n) is 2.70. The third kappa shape index (κ3) is 4.20. The molecule has 0 saturated carbocycles. The summed E-state index contributed by atoms with van der Waals surface area (Å²) >= 11 is 0. The van der Waals surface area contributed by atoms with E-state index in [4.69, 9.17) is 10.5 Å². The minimum absolute atomic E-state index is 0.0987. The van der Waals surface area contributed by atoms with E-state index in [2.05, 4.69) is 15.3 Å². The van der Waals surface area contributed by atoms with Gasteiger partial charge in [-0.25, -0.2) is 4.98 Å². The van der Waals surface area contributed by atoms with Gasteiger partial charge in [0.15, 0.2) is 0 Å². The van der Waals surface area contributed by atoms with Crippen molar-refractivity contribution in [3.63, 3.8) is 0 Å². The van der Waals surface area contributed by atoms with E-state index in [1.165, 1.54) is 0 Å². The molecule has 0 saturated heterocycles. The van der Waals surface area contributed by atoms with Crippen molar-refractivity contribution in [2.45, 2.75) is 33.0 Å². The summed E-state index contributed by atoms with van der Waals surface area (Å²) in [5.74, 6) is 1.14. The summed E-state index contributed by atoms with van der Waals surface area (Å²) in [4.78, 5) is 8.47. The van der Waals surface area contributed by atoms with Crippen molar-refractivity contribution in [3.05, 3.63) is 47.7 Å². The van der Waals surface area contributed by atoms with Crippen LogP contribution in [0.5, 0.6) is 5.88 Å². The van der Waals surface area contributed by atoms with Crippen LogP contribution in [-0.2, 0) is 13.1 Å². The molecule has 0 fully saturated rings. The minimum Gasteiger partial charge on any atom is -0.475 e. The van der Waals surface area contributed by atoms with E-state index in [0.29, 0.717) is 24.9 Å². The zero-order chi connectivity index (χ0) is 14.4. The van der Waals surface area contributed by atoms with E-state index >= 15 is 0 Å². The van der Waals surface area contributed by atoms with Gasteiger partial charge in [-0.05, 0) is 25.0 Å². The van der Waals surface area contributed by atoms with Crippen LogP contribution >= 0.6 is 0 Å². The lowest BCUT2D eigenvalue weighted by Crippen LogP contribution is -2.09. The molecule has 5 heteroatoms. The molecule has 106 valence electrons. The molecule has 2 rings (SSSR count). The summed E-state index contributed by atoms with van der Waals surface area (Å²) in [6, 6.07) is 9.89. The first-order valence-corrected chi connectivity index (χ1v) is 6.69. The number of aromatic nitrogens is 2. The quantitative estimate of drug-likeness (QED) is 0.844. The van der Waals surface area contributed by atoms with Crippen molar-refractivity contribution in [3.8, 4) is 5.88 Å². The Bertz CT molecular complexity index is 540. The van der Waals surface area contributed by atoms with Gasteiger partial charge in [0, 0.05) is 25.4 Å². The highest BCUT2D eigenvalue weighted by atomic mass is 16.5. The number of nitrogens with one attached hydrogen (secondary N) is 1. The van der Waals surface area contributed by atoms with Crippen LogP contribution in [0.25, 0.3) is 0 Å². The SMILES string of the molecule is CC(C)Oc1ccnc(NCc2ccc(CN)cc2)n1. The molecule has 5 nitrogen and oxygen atoms in total. The summed E-state index contributed by atoms with van der Waals surface area (Å²) in [7, 11) is 0. The smallest absolute Gasteiger partial charge is 0.226 e. The van der Waals surface area contributed by atoms with E-state index < -0.39 is 0 Å². The number of nitrogens with two attached hydrogens (primary N) is 1. The molecule has 3 N–H and O–H groups in total. The zero-order valence-corrected chi connectivity index (χ0v) is 11.8. The Morgan fingerprint density at radius 2 is 1.85 bits per heavy atom. The first kappa shape index (κ1) is 14.3. The maximum Gasteiger partial charge on any atom is 0.226 e. The second kappa shape index (κ2) is 6.86. The molecule has 1 aromatic carbocycles. The van der Waals surface area contributed by atoms with Crippen LogP contribution in [0.4, 0.5) is 5.95 Å². The van der Waals surface area contributed by atoms with Crippen molar-refractivity contribution < 1.29 is 4.74 Å². The number of benzene rings is 1. The summed E-state index contributed by atoms with van der Waals surface area (Å²) in [6.45, 7) is 5.16. The largest absolute Gasteiger partial charge is 0.475 e. The van der Waals surface area contributed by atoms with Gasteiger partial charge in [0.1, 0.15) is 0 Å². The van der Waals surface area contributed by atoms with Gasteiger partial charge in [0.05, 0.1) is 6.10 Å². The molecular weight excluding hydrogens is 252 g/mol. The van der Waals surface area contributed by atoms with E-state index in [9.17, 15) is 0 Å². The summed E-state index contributed by atoms with van der Waals surface area (Å²) in [5.41, 5.74) is 7.85. The second-order valence-corrected chi connectivity index (χ2v) is 4.76. The Hall–Kier alpha value is -2.14. The first-order valence-electron chi connectivity index (χ1n) is 6.69. The summed E-state index contributed by atoms with van der Waals surface area (Å²) in [5, 5.41) is 3.18. The molecule has 0 radical (unpaired) electrons. The molecule has 2 aromatic rings. The highest BCUT2D eigenvalue weighted by Crippen LogP contribution is 2.11. The second-order valence-electron chi connectivity index (χ2n) is 4.76. The fraction of sp³-hybridized carbons (Fsp3) is 0.333. The lowest BCUT2D eigenvalue weighted by Gasteiger charge is -2.10. The summed E-state index contributed by atoms with van der Waals surface area (Å²) in [6.07, 6.45) is 1.78. The Labute approximate surface area is 119 Å². The molecule has 0 spiro atoms. The number of rotatable bonds is 6. The average Bonchev–Trinajstić information content (AvgIpc) is 2.45. The molecule has 0 aliphatic heterocycles. The van der Waals surface area contributed by atoms with Crippen molar-refractivity contribution in [2.75, 3.05) is 5.32 Å². The van der Waals surface area contributed by atoms with Crippen LogP contribution in [0.1, 0.15) is 25.0 Å². The predicted molar refractivity (Wildman–Crippen MR) is 79.5 cm³/mol. The molecule has 0 aliphatic carbocycles. The highest BCUT2D eigenvalue weighted by Gasteiger charge is 2.02. The van der Waals surface area contributed by atoms with E-state index in [-0.39, 0.29) is 6.10 Å². The van der Waals surface area contributed by atoms with Crippen LogP contribution in [-0.4, -0.2) is 16.1 Å². The Morgan fingerprint density at radius 1 is 1.15 bits per heavy atom. The molecule has 0 atom stereocenters. The fourth-order valence-corrected chi connectivity index (χ4v) is 1.71. The van der Waals surface area contributed by atoms with Gasteiger partial charge < -0.3 is 15.8 Å². The molecule has 20 heavy (non-hydrogen) atoms. The van der Waals surface area contributed by atoms with Crippen LogP contribution in [0.3, 0.4) is 0 Å². The first-order chi connectivity index (χ1) is 9.67. The maximum absolute atomic E-state index is 5.57. The van der Waals surface area contributed by atoms with Gasteiger partial charge in [-0.1, -0.05) is 24.3 Å². The Morgan fingerprint density at radius 3 is 2.50 bits per heavy atom. The van der Waals surface area contributed by atoms with Crippen LogP contribution in [0.15, 0.2) is 36.5 Å². The molecule has 0 aliphatic rings. The zero-order valence-electron chi connectivity index (χ0n) is 11.8. The third-order valence-corrected chi connectivity index (χ3v) is 2.70. The van der Waals surface area contributed by atoms with Gasteiger partial charge >= 0.3 is 0 Å². The number of ether oxygens (including phenoxy) is 1. The average molecular weight is 272 g/mol. The van der Waals surface area contributed by atoms with Gasteiger partial charge in [-0.2, -0.15) is 4.98 Å². The van der Waals surface area contributed by atoms with Crippen molar-refractivity contribution in [1.82, 2.24) is 9.97 Å². The Balaban J connectivity index is 1.95. The number of nitrogens with zero attached hydrogens (tertiary/aromatic N) is 2.